The van der Waals surface area contributed by atoms with Gasteiger partial charge in [0.25, 0.3) is 11.8 Å². The van der Waals surface area contributed by atoms with E-state index in [1.165, 1.54) is 12.1 Å². The van der Waals surface area contributed by atoms with Crippen molar-refractivity contribution in [3.05, 3.63) is 34.9 Å². The minimum absolute atomic E-state index is 0.0367. The minimum Gasteiger partial charge on any atom is -0.315 e. The number of alkyl halides is 3. The van der Waals surface area contributed by atoms with Crippen LogP contribution in [0.5, 0.6) is 0 Å². The molecule has 0 radical (unpaired) electrons. The molecule has 11 heteroatoms. The number of carbonyl (C=O) groups excluding carboxylic acids is 4. The number of carbonyl (C=O) groups is 4. The van der Waals surface area contributed by atoms with Crippen molar-refractivity contribution in [3.8, 4) is 0 Å². The minimum atomic E-state index is -4.25. The summed E-state index contributed by atoms with van der Waals surface area (Å²) in [7, 11) is 0. The van der Waals surface area contributed by atoms with E-state index in [0.29, 0.717) is 12.1 Å². The Morgan fingerprint density at radius 1 is 1.09 bits per heavy atom. The summed E-state index contributed by atoms with van der Waals surface area (Å²) < 4.78 is 40.4. The van der Waals surface area contributed by atoms with Crippen LogP contribution in [0.4, 0.5) is 13.2 Å². The highest BCUT2D eigenvalue weighted by molar-refractivity contribution is 6.23. The van der Waals surface area contributed by atoms with Crippen molar-refractivity contribution in [2.24, 2.45) is 10.8 Å². The fourth-order valence-corrected chi connectivity index (χ4v) is 5.40. The second-order valence-corrected chi connectivity index (χ2v) is 9.07. The van der Waals surface area contributed by atoms with Gasteiger partial charge in [-0.25, -0.2) is 0 Å². The summed E-state index contributed by atoms with van der Waals surface area (Å²) in [6.45, 7) is 0.663. The van der Waals surface area contributed by atoms with E-state index >= 15 is 0 Å². The molecule has 32 heavy (non-hydrogen) atoms. The number of fused-ring (bicyclic) bond motifs is 2. The first-order chi connectivity index (χ1) is 15.1. The highest BCUT2D eigenvalue weighted by atomic mass is 19.4. The number of halogens is 3. The summed E-state index contributed by atoms with van der Waals surface area (Å²) >= 11 is 0. The Morgan fingerprint density at radius 2 is 1.84 bits per heavy atom. The largest absolute Gasteiger partial charge is 0.396 e. The van der Waals surface area contributed by atoms with Crippen molar-refractivity contribution in [1.29, 1.82) is 0 Å². The van der Waals surface area contributed by atoms with Crippen LogP contribution in [0.2, 0.25) is 0 Å². The third-order valence-electron chi connectivity index (χ3n) is 7.26. The van der Waals surface area contributed by atoms with Gasteiger partial charge >= 0.3 is 6.18 Å². The SMILES string of the molecule is O=C1CCC(N2C(=O)c3ccc(CNC[C@]45CNC[C@@]4(C(F)(F)F)C5)cc3C2=O)C(=O)N1. The summed E-state index contributed by atoms with van der Waals surface area (Å²) in [4.78, 5) is 50.0. The zero-order valence-corrected chi connectivity index (χ0v) is 17.0. The molecule has 1 saturated carbocycles. The predicted molar refractivity (Wildman–Crippen MR) is 103 cm³/mol. The molecule has 1 aromatic rings. The number of benzene rings is 1. The van der Waals surface area contributed by atoms with E-state index in [1.807, 2.05) is 0 Å². The molecule has 3 fully saturated rings. The molecule has 3 aliphatic heterocycles. The van der Waals surface area contributed by atoms with Crippen LogP contribution in [0.3, 0.4) is 0 Å². The van der Waals surface area contributed by atoms with Gasteiger partial charge in [0.05, 0.1) is 16.5 Å². The first-order valence-corrected chi connectivity index (χ1v) is 10.4. The lowest BCUT2D eigenvalue weighted by molar-refractivity contribution is -0.190. The highest BCUT2D eigenvalue weighted by Crippen LogP contribution is 2.72. The Bertz CT molecular complexity index is 1060. The Labute approximate surface area is 180 Å². The molecular weight excluding hydrogens is 429 g/mol. The molecule has 3 heterocycles. The van der Waals surface area contributed by atoms with Crippen LogP contribution >= 0.6 is 0 Å². The van der Waals surface area contributed by atoms with E-state index in [0.717, 1.165) is 4.90 Å². The molecule has 1 aromatic carbocycles. The first-order valence-electron chi connectivity index (χ1n) is 10.4. The number of nitrogens with zero attached hydrogens (tertiary/aromatic N) is 1. The van der Waals surface area contributed by atoms with Gasteiger partial charge in [-0.15, -0.1) is 0 Å². The molecule has 0 spiro atoms. The average Bonchev–Trinajstić information content (AvgIpc) is 3.13. The highest BCUT2D eigenvalue weighted by Gasteiger charge is 2.81. The summed E-state index contributed by atoms with van der Waals surface area (Å²) in [6.07, 6.45) is -4.05. The van der Waals surface area contributed by atoms with Gasteiger partial charge in [-0.2, -0.15) is 13.2 Å². The Kier molecular flexibility index (Phi) is 4.51. The molecule has 2 saturated heterocycles. The van der Waals surface area contributed by atoms with Gasteiger partial charge in [0.2, 0.25) is 11.8 Å². The monoisotopic (exact) mass is 450 g/mol. The summed E-state index contributed by atoms with van der Waals surface area (Å²) in [5.41, 5.74) is -1.56. The average molecular weight is 450 g/mol. The lowest BCUT2D eigenvalue weighted by Crippen LogP contribution is -2.54. The lowest BCUT2D eigenvalue weighted by Gasteiger charge is -2.27. The van der Waals surface area contributed by atoms with Gasteiger partial charge < -0.3 is 10.6 Å². The predicted octanol–water partition coefficient (Wildman–Crippen LogP) is 0.719. The number of rotatable bonds is 5. The van der Waals surface area contributed by atoms with Crippen LogP contribution in [0.25, 0.3) is 0 Å². The van der Waals surface area contributed by atoms with Crippen LogP contribution in [-0.4, -0.2) is 60.4 Å². The van der Waals surface area contributed by atoms with Gasteiger partial charge in [0.15, 0.2) is 0 Å². The van der Waals surface area contributed by atoms with Crippen LogP contribution in [-0.2, 0) is 16.1 Å². The third kappa shape index (κ3) is 2.91. The Balaban J connectivity index is 1.27. The first kappa shape index (κ1) is 21.1. The lowest BCUT2D eigenvalue weighted by atomic mass is 9.95. The molecule has 3 N–H and O–H groups in total. The molecule has 1 unspecified atom stereocenters. The van der Waals surface area contributed by atoms with Gasteiger partial charge in [-0.05, 0) is 30.5 Å². The molecule has 0 bridgehead atoms. The third-order valence-corrected chi connectivity index (χ3v) is 7.26. The van der Waals surface area contributed by atoms with Crippen LogP contribution in [0, 0.1) is 10.8 Å². The fourth-order valence-electron chi connectivity index (χ4n) is 5.40. The summed E-state index contributed by atoms with van der Waals surface area (Å²) in [5.74, 6) is -2.33. The molecule has 170 valence electrons. The van der Waals surface area contributed by atoms with E-state index in [2.05, 4.69) is 16.0 Å². The Hall–Kier alpha value is -2.79. The molecule has 1 aliphatic carbocycles. The fraction of sp³-hybridized carbons (Fsp3) is 0.524. The molecule has 5 rings (SSSR count). The standard InChI is InChI=1S/C21H21F3N4O4/c22-21(23,24)20-7-19(20,9-26-10-20)8-25-6-11-1-2-12-13(5-11)18(32)28(17(12)31)14-3-4-15(29)27-16(14)30/h1-2,5,14,25-26H,3-4,6-10H2,(H,27,29,30)/t14?,19-,20+/m1/s1. The van der Waals surface area contributed by atoms with Crippen LogP contribution < -0.4 is 16.0 Å². The molecule has 4 aliphatic rings. The molecule has 0 aromatic heterocycles. The van der Waals surface area contributed by atoms with E-state index in [4.69, 9.17) is 0 Å². The topological polar surface area (TPSA) is 108 Å². The van der Waals surface area contributed by atoms with Crippen molar-refractivity contribution in [1.82, 2.24) is 20.9 Å². The van der Waals surface area contributed by atoms with Gasteiger partial charge in [0, 0.05) is 38.0 Å². The molecule has 3 atom stereocenters. The number of hydrogen-bond acceptors (Lipinski definition) is 6. The van der Waals surface area contributed by atoms with E-state index < -0.39 is 46.7 Å². The van der Waals surface area contributed by atoms with Gasteiger partial charge in [-0.1, -0.05) is 6.07 Å². The smallest absolute Gasteiger partial charge is 0.315 e. The van der Waals surface area contributed by atoms with Crippen LogP contribution in [0.15, 0.2) is 18.2 Å². The quantitative estimate of drug-likeness (QED) is 0.571. The van der Waals surface area contributed by atoms with Crippen molar-refractivity contribution in [3.63, 3.8) is 0 Å². The summed E-state index contributed by atoms with van der Waals surface area (Å²) in [5, 5.41) is 8.06. The number of hydrogen-bond donors (Lipinski definition) is 3. The number of piperidine rings is 2. The normalized spacial score (nSPS) is 31.6. The molecule has 8 nitrogen and oxygen atoms in total. The van der Waals surface area contributed by atoms with Gasteiger partial charge in [0.1, 0.15) is 6.04 Å². The summed E-state index contributed by atoms with van der Waals surface area (Å²) in [6, 6.07) is 3.62. The second-order valence-electron chi connectivity index (χ2n) is 9.07. The number of imide groups is 2. The van der Waals surface area contributed by atoms with Crippen molar-refractivity contribution in [2.75, 3.05) is 19.6 Å². The maximum absolute atomic E-state index is 13.5. The zero-order chi connectivity index (χ0) is 22.9. The zero-order valence-electron chi connectivity index (χ0n) is 17.0. The van der Waals surface area contributed by atoms with E-state index in [9.17, 15) is 32.3 Å². The maximum atomic E-state index is 13.5. The van der Waals surface area contributed by atoms with E-state index in [1.54, 1.807) is 6.07 Å². The van der Waals surface area contributed by atoms with Gasteiger partial charge in [-0.3, -0.25) is 29.4 Å². The van der Waals surface area contributed by atoms with Crippen molar-refractivity contribution in [2.45, 2.75) is 38.0 Å². The number of nitrogens with one attached hydrogen (secondary N) is 3. The molecule has 4 amide bonds. The molecular formula is C21H21F3N4O4. The Morgan fingerprint density at radius 3 is 2.53 bits per heavy atom. The van der Waals surface area contributed by atoms with E-state index in [-0.39, 0.29) is 50.0 Å². The second kappa shape index (κ2) is 6.85. The van der Waals surface area contributed by atoms with Crippen molar-refractivity contribution < 1.29 is 32.3 Å². The van der Waals surface area contributed by atoms with Crippen LogP contribution in [0.1, 0.15) is 45.5 Å². The number of amides is 4. The maximum Gasteiger partial charge on any atom is 0.396 e. The van der Waals surface area contributed by atoms with Crippen molar-refractivity contribution >= 4 is 23.6 Å².